The second kappa shape index (κ2) is 7.64. The molecular formula is C17H23ClN2O. The lowest BCUT2D eigenvalue weighted by Crippen LogP contribution is -2.31. The summed E-state index contributed by atoms with van der Waals surface area (Å²) in [6.07, 6.45) is 1.24. The summed E-state index contributed by atoms with van der Waals surface area (Å²) < 4.78 is 5.88. The van der Waals surface area contributed by atoms with E-state index in [0.717, 1.165) is 25.4 Å². The number of likely N-dealkylation sites (N-methyl/N-ethyl adjacent to an activating group) is 1. The Kier molecular flexibility index (Phi) is 5.85. The first-order chi connectivity index (χ1) is 9.85. The quantitative estimate of drug-likeness (QED) is 0.919. The van der Waals surface area contributed by atoms with Crippen molar-refractivity contribution in [3.05, 3.63) is 42.5 Å². The molecule has 1 aliphatic heterocycles. The van der Waals surface area contributed by atoms with Crippen LogP contribution >= 0.6 is 12.4 Å². The molecule has 0 aromatic heterocycles. The Morgan fingerprint density at radius 3 is 2.76 bits per heavy atom. The number of likely N-dealkylation sites (tertiary alicyclic amines) is 1. The van der Waals surface area contributed by atoms with E-state index in [2.05, 4.69) is 52.7 Å². The van der Waals surface area contributed by atoms with E-state index in [0.29, 0.717) is 6.04 Å². The van der Waals surface area contributed by atoms with E-state index >= 15 is 0 Å². The van der Waals surface area contributed by atoms with E-state index in [4.69, 9.17) is 4.74 Å². The molecule has 1 fully saturated rings. The number of nitrogens with one attached hydrogen (secondary N) is 1. The highest BCUT2D eigenvalue weighted by molar-refractivity contribution is 5.85. The van der Waals surface area contributed by atoms with Gasteiger partial charge in [0.05, 0.1) is 0 Å². The molecule has 0 saturated carbocycles. The van der Waals surface area contributed by atoms with Gasteiger partial charge >= 0.3 is 0 Å². The van der Waals surface area contributed by atoms with Crippen LogP contribution in [0.15, 0.2) is 42.5 Å². The van der Waals surface area contributed by atoms with Crippen LogP contribution in [-0.4, -0.2) is 44.2 Å². The monoisotopic (exact) mass is 306 g/mol. The molecule has 0 amide bonds. The van der Waals surface area contributed by atoms with E-state index in [1.807, 2.05) is 7.05 Å². The molecule has 0 radical (unpaired) electrons. The van der Waals surface area contributed by atoms with Crippen molar-refractivity contribution in [2.24, 2.45) is 0 Å². The van der Waals surface area contributed by atoms with Gasteiger partial charge < -0.3 is 10.1 Å². The Hall–Kier alpha value is -1.29. The van der Waals surface area contributed by atoms with Crippen LogP contribution in [0.4, 0.5) is 0 Å². The fourth-order valence-electron chi connectivity index (χ4n) is 2.82. The van der Waals surface area contributed by atoms with Crippen LogP contribution in [0, 0.1) is 0 Å². The van der Waals surface area contributed by atoms with Gasteiger partial charge in [0, 0.05) is 19.1 Å². The van der Waals surface area contributed by atoms with Gasteiger partial charge in [-0.2, -0.15) is 0 Å². The number of benzene rings is 2. The first-order valence-corrected chi connectivity index (χ1v) is 7.36. The topological polar surface area (TPSA) is 24.5 Å². The number of ether oxygens (including phenoxy) is 1. The molecular weight excluding hydrogens is 284 g/mol. The molecule has 0 spiro atoms. The van der Waals surface area contributed by atoms with Crippen LogP contribution in [0.1, 0.15) is 6.42 Å². The van der Waals surface area contributed by atoms with Crippen molar-refractivity contribution < 1.29 is 4.74 Å². The lowest BCUT2D eigenvalue weighted by Gasteiger charge is -2.16. The minimum atomic E-state index is 0. The van der Waals surface area contributed by atoms with Crippen LogP contribution in [0.25, 0.3) is 10.8 Å². The van der Waals surface area contributed by atoms with Crippen LogP contribution in [-0.2, 0) is 0 Å². The van der Waals surface area contributed by atoms with E-state index in [9.17, 15) is 0 Å². The zero-order valence-electron chi connectivity index (χ0n) is 12.4. The lowest BCUT2D eigenvalue weighted by atomic mass is 10.1. The predicted octanol–water partition coefficient (Wildman–Crippen LogP) is 2.93. The second-order valence-corrected chi connectivity index (χ2v) is 5.43. The third-order valence-corrected chi connectivity index (χ3v) is 4.08. The maximum atomic E-state index is 5.88. The number of hydrogen-bond donors (Lipinski definition) is 1. The molecule has 2 aromatic rings. The summed E-state index contributed by atoms with van der Waals surface area (Å²) in [5, 5.41) is 5.84. The molecule has 1 N–H and O–H groups in total. The number of nitrogens with zero attached hydrogens (tertiary/aromatic N) is 1. The first-order valence-electron chi connectivity index (χ1n) is 7.36. The summed E-state index contributed by atoms with van der Waals surface area (Å²) in [6, 6.07) is 15.3. The SMILES string of the molecule is CNC1CCN(CCOc2ccc3ccccc3c2)C1.Cl. The first kappa shape index (κ1) is 16.1. The molecule has 114 valence electrons. The van der Waals surface area contributed by atoms with Crippen molar-refractivity contribution in [3.63, 3.8) is 0 Å². The Morgan fingerprint density at radius 1 is 1.19 bits per heavy atom. The van der Waals surface area contributed by atoms with Crippen LogP contribution < -0.4 is 10.1 Å². The van der Waals surface area contributed by atoms with E-state index in [-0.39, 0.29) is 12.4 Å². The summed E-state index contributed by atoms with van der Waals surface area (Å²) in [5.41, 5.74) is 0. The molecule has 1 heterocycles. The maximum Gasteiger partial charge on any atom is 0.120 e. The van der Waals surface area contributed by atoms with E-state index in [1.165, 1.54) is 23.7 Å². The number of fused-ring (bicyclic) bond motifs is 1. The molecule has 3 nitrogen and oxygen atoms in total. The van der Waals surface area contributed by atoms with Crippen LogP contribution in [0.3, 0.4) is 0 Å². The third-order valence-electron chi connectivity index (χ3n) is 4.08. The highest BCUT2D eigenvalue weighted by atomic mass is 35.5. The Bertz CT molecular complexity index is 575. The lowest BCUT2D eigenvalue weighted by molar-refractivity contribution is 0.235. The standard InChI is InChI=1S/C17H22N2O.ClH/c1-18-16-8-9-19(13-16)10-11-20-17-7-6-14-4-2-3-5-15(14)12-17;/h2-7,12,16,18H,8-11,13H2,1H3;1H. The molecule has 1 aliphatic rings. The Labute approximate surface area is 132 Å². The summed E-state index contributed by atoms with van der Waals surface area (Å²) in [7, 11) is 2.04. The van der Waals surface area contributed by atoms with Crippen LogP contribution in [0.2, 0.25) is 0 Å². The summed E-state index contributed by atoms with van der Waals surface area (Å²) in [5.74, 6) is 0.966. The summed E-state index contributed by atoms with van der Waals surface area (Å²) in [6.45, 7) is 4.07. The van der Waals surface area contributed by atoms with Crippen molar-refractivity contribution >= 4 is 23.2 Å². The average molecular weight is 307 g/mol. The molecule has 1 unspecified atom stereocenters. The summed E-state index contributed by atoms with van der Waals surface area (Å²) >= 11 is 0. The average Bonchev–Trinajstić information content (AvgIpc) is 2.95. The highest BCUT2D eigenvalue weighted by Gasteiger charge is 2.20. The normalized spacial score (nSPS) is 18.6. The molecule has 1 saturated heterocycles. The Balaban J connectivity index is 0.00000161. The van der Waals surface area contributed by atoms with Gasteiger partial charge in [0.1, 0.15) is 12.4 Å². The molecule has 0 bridgehead atoms. The summed E-state index contributed by atoms with van der Waals surface area (Å²) in [4.78, 5) is 2.46. The Morgan fingerprint density at radius 2 is 2.00 bits per heavy atom. The largest absolute Gasteiger partial charge is 0.492 e. The van der Waals surface area contributed by atoms with Gasteiger partial charge in [0.25, 0.3) is 0 Å². The minimum absolute atomic E-state index is 0. The van der Waals surface area contributed by atoms with Gasteiger partial charge in [-0.1, -0.05) is 30.3 Å². The van der Waals surface area contributed by atoms with Crippen molar-refractivity contribution in [1.29, 1.82) is 0 Å². The van der Waals surface area contributed by atoms with Gasteiger partial charge in [-0.3, -0.25) is 4.90 Å². The van der Waals surface area contributed by atoms with Gasteiger partial charge in [-0.15, -0.1) is 12.4 Å². The van der Waals surface area contributed by atoms with Gasteiger partial charge in [0.2, 0.25) is 0 Å². The fourth-order valence-corrected chi connectivity index (χ4v) is 2.82. The van der Waals surface area contributed by atoms with Gasteiger partial charge in [-0.25, -0.2) is 0 Å². The zero-order valence-corrected chi connectivity index (χ0v) is 13.2. The van der Waals surface area contributed by atoms with Crippen molar-refractivity contribution in [2.45, 2.75) is 12.5 Å². The number of halogens is 1. The highest BCUT2D eigenvalue weighted by Crippen LogP contribution is 2.20. The molecule has 3 rings (SSSR count). The number of hydrogen-bond acceptors (Lipinski definition) is 3. The third kappa shape index (κ3) is 4.10. The molecule has 21 heavy (non-hydrogen) atoms. The van der Waals surface area contributed by atoms with E-state index in [1.54, 1.807) is 0 Å². The van der Waals surface area contributed by atoms with Gasteiger partial charge in [-0.05, 0) is 42.9 Å². The minimum Gasteiger partial charge on any atom is -0.492 e. The van der Waals surface area contributed by atoms with Crippen molar-refractivity contribution in [3.8, 4) is 5.75 Å². The fraction of sp³-hybridized carbons (Fsp3) is 0.412. The molecule has 2 aromatic carbocycles. The number of rotatable bonds is 5. The molecule has 0 aliphatic carbocycles. The zero-order chi connectivity index (χ0) is 13.8. The smallest absolute Gasteiger partial charge is 0.120 e. The van der Waals surface area contributed by atoms with E-state index < -0.39 is 0 Å². The van der Waals surface area contributed by atoms with Crippen LogP contribution in [0.5, 0.6) is 5.75 Å². The van der Waals surface area contributed by atoms with Gasteiger partial charge in [0.15, 0.2) is 0 Å². The maximum absolute atomic E-state index is 5.88. The molecule has 1 atom stereocenters. The second-order valence-electron chi connectivity index (χ2n) is 5.43. The molecule has 4 heteroatoms. The van der Waals surface area contributed by atoms with Crippen molar-refractivity contribution in [2.75, 3.05) is 33.3 Å². The predicted molar refractivity (Wildman–Crippen MR) is 90.6 cm³/mol. The van der Waals surface area contributed by atoms with Crippen molar-refractivity contribution in [1.82, 2.24) is 10.2 Å².